The minimum absolute atomic E-state index is 0.0431. The van der Waals surface area contributed by atoms with Gasteiger partial charge in [-0.25, -0.2) is 0 Å². The molecule has 2 atom stereocenters. The lowest BCUT2D eigenvalue weighted by molar-refractivity contribution is -0.117. The Kier molecular flexibility index (Phi) is 7.80. The Balaban J connectivity index is 1.57. The molecule has 1 saturated heterocycles. The number of likely N-dealkylation sites (tertiary alicyclic amines) is 1. The van der Waals surface area contributed by atoms with Crippen LogP contribution in [0.2, 0.25) is 5.02 Å². The van der Waals surface area contributed by atoms with Crippen molar-refractivity contribution in [2.75, 3.05) is 45.1 Å². The average Bonchev–Trinajstić information content (AvgIpc) is 2.96. The molecule has 8 nitrogen and oxygen atoms in total. The summed E-state index contributed by atoms with van der Waals surface area (Å²) in [4.78, 5) is 26.1. The molecule has 2 aliphatic heterocycles. The molecule has 0 radical (unpaired) electrons. The summed E-state index contributed by atoms with van der Waals surface area (Å²) < 4.78 is 11.3. The lowest BCUT2D eigenvalue weighted by Crippen LogP contribution is -2.47. The van der Waals surface area contributed by atoms with Gasteiger partial charge in [0.15, 0.2) is 11.5 Å². The van der Waals surface area contributed by atoms with Crippen molar-refractivity contribution < 1.29 is 24.2 Å². The van der Waals surface area contributed by atoms with E-state index >= 15 is 0 Å². The molecule has 0 spiro atoms. The number of halogens is 1. The number of carbonyl (C=O) groups is 2. The number of piperidine rings is 1. The number of β-amino-alcohol motifs (C(OH)–C–C–N with tert-alkyl or cyclic N) is 1. The van der Waals surface area contributed by atoms with E-state index < -0.39 is 6.10 Å². The Bertz CT molecular complexity index is 788. The van der Waals surface area contributed by atoms with Crippen molar-refractivity contribution in [1.29, 1.82) is 0 Å². The van der Waals surface area contributed by atoms with Gasteiger partial charge >= 0.3 is 0 Å². The SMILES string of the molecule is CC(=O)CCCN1CC[C@@H](CNC(=O)c2cc(N)c(Cl)c3c2OCCCO3)[C@H](O)C1. The van der Waals surface area contributed by atoms with Gasteiger partial charge in [-0.2, -0.15) is 0 Å². The van der Waals surface area contributed by atoms with Crippen LogP contribution >= 0.6 is 11.6 Å². The van der Waals surface area contributed by atoms with Crippen LogP contribution < -0.4 is 20.5 Å². The number of hydrogen-bond donors (Lipinski definition) is 3. The standard InChI is InChI=1S/C21H30ClN3O5/c1-13(26)4-2-6-25-7-5-14(17(27)12-25)11-24-21(28)15-10-16(23)18(22)20-19(15)29-8-3-9-30-20/h10,14,17,27H,2-9,11-12,23H2,1H3,(H,24,28)/t14-,17+/m0/s1. The monoisotopic (exact) mass is 439 g/mol. The molecule has 4 N–H and O–H groups in total. The molecular weight excluding hydrogens is 410 g/mol. The number of rotatable bonds is 7. The van der Waals surface area contributed by atoms with Gasteiger partial charge in [0.1, 0.15) is 10.8 Å². The van der Waals surface area contributed by atoms with Gasteiger partial charge in [0, 0.05) is 31.8 Å². The predicted molar refractivity (Wildman–Crippen MR) is 114 cm³/mol. The number of benzene rings is 1. The summed E-state index contributed by atoms with van der Waals surface area (Å²) in [6.07, 6.45) is 2.27. The van der Waals surface area contributed by atoms with E-state index in [-0.39, 0.29) is 33.9 Å². The number of ketones is 1. The van der Waals surface area contributed by atoms with Crippen LogP contribution in [0.1, 0.15) is 43.0 Å². The van der Waals surface area contributed by atoms with Crippen LogP contribution in [-0.4, -0.2) is 67.2 Å². The molecule has 30 heavy (non-hydrogen) atoms. The van der Waals surface area contributed by atoms with Crippen LogP contribution in [0.4, 0.5) is 5.69 Å². The molecule has 1 aromatic rings. The third-order valence-electron chi connectivity index (χ3n) is 5.56. The van der Waals surface area contributed by atoms with Crippen LogP contribution in [-0.2, 0) is 4.79 Å². The maximum atomic E-state index is 12.8. The van der Waals surface area contributed by atoms with Crippen molar-refractivity contribution in [3.8, 4) is 11.5 Å². The number of aliphatic hydroxyl groups is 1. The number of aliphatic hydroxyl groups excluding tert-OH is 1. The predicted octanol–water partition coefficient (Wildman–Crippen LogP) is 1.87. The first-order valence-corrected chi connectivity index (χ1v) is 10.8. The van der Waals surface area contributed by atoms with E-state index in [1.807, 2.05) is 0 Å². The Morgan fingerprint density at radius 3 is 2.77 bits per heavy atom. The topological polar surface area (TPSA) is 114 Å². The third kappa shape index (κ3) is 5.56. The molecule has 2 aliphatic rings. The van der Waals surface area contributed by atoms with Crippen LogP contribution in [0.5, 0.6) is 11.5 Å². The summed E-state index contributed by atoms with van der Waals surface area (Å²) in [5.41, 5.74) is 6.49. The molecule has 0 aromatic heterocycles. The number of hydrogen-bond acceptors (Lipinski definition) is 7. The van der Waals surface area contributed by atoms with E-state index in [1.54, 1.807) is 6.92 Å². The molecule has 1 fully saturated rings. The maximum Gasteiger partial charge on any atom is 0.255 e. The summed E-state index contributed by atoms with van der Waals surface area (Å²) >= 11 is 6.23. The zero-order valence-electron chi connectivity index (χ0n) is 17.3. The molecule has 0 aliphatic carbocycles. The number of nitrogens with one attached hydrogen (secondary N) is 1. The minimum atomic E-state index is -0.539. The van der Waals surface area contributed by atoms with Gasteiger partial charge in [-0.3, -0.25) is 4.79 Å². The lowest BCUT2D eigenvalue weighted by Gasteiger charge is -2.36. The molecule has 1 aromatic carbocycles. The molecule has 0 bridgehead atoms. The number of amides is 1. The normalized spacial score (nSPS) is 21.7. The smallest absolute Gasteiger partial charge is 0.255 e. The highest BCUT2D eigenvalue weighted by Gasteiger charge is 2.29. The molecule has 2 heterocycles. The first kappa shape index (κ1) is 22.7. The van der Waals surface area contributed by atoms with Crippen molar-refractivity contribution >= 4 is 29.0 Å². The van der Waals surface area contributed by atoms with Gasteiger partial charge < -0.3 is 35.3 Å². The fourth-order valence-corrected chi connectivity index (χ4v) is 4.04. The maximum absolute atomic E-state index is 12.8. The number of ether oxygens (including phenoxy) is 2. The van der Waals surface area contributed by atoms with Gasteiger partial charge in [-0.05, 0) is 38.9 Å². The highest BCUT2D eigenvalue weighted by Crippen LogP contribution is 2.43. The number of fused-ring (bicyclic) bond motifs is 1. The molecule has 0 saturated carbocycles. The summed E-state index contributed by atoms with van der Waals surface area (Å²) in [5.74, 6) is 0.418. The Morgan fingerprint density at radius 2 is 2.07 bits per heavy atom. The number of anilines is 1. The van der Waals surface area contributed by atoms with Crippen molar-refractivity contribution in [3.63, 3.8) is 0 Å². The van der Waals surface area contributed by atoms with Crippen molar-refractivity contribution in [3.05, 3.63) is 16.7 Å². The number of Topliss-reactive ketones (excluding diaryl/α,β-unsaturated/α-hetero) is 1. The number of nitrogens with zero attached hydrogens (tertiary/aromatic N) is 1. The van der Waals surface area contributed by atoms with Crippen molar-refractivity contribution in [2.45, 2.75) is 38.7 Å². The summed E-state index contributed by atoms with van der Waals surface area (Å²) in [6, 6.07) is 1.50. The fraction of sp³-hybridized carbons (Fsp3) is 0.619. The zero-order valence-corrected chi connectivity index (χ0v) is 18.0. The first-order valence-electron chi connectivity index (χ1n) is 10.4. The van der Waals surface area contributed by atoms with Gasteiger partial charge in [0.05, 0.1) is 30.6 Å². The third-order valence-corrected chi connectivity index (χ3v) is 5.95. The van der Waals surface area contributed by atoms with E-state index in [0.717, 1.165) is 25.9 Å². The molecule has 0 unspecified atom stereocenters. The van der Waals surface area contributed by atoms with Crippen LogP contribution in [0.25, 0.3) is 0 Å². The van der Waals surface area contributed by atoms with E-state index in [1.165, 1.54) is 6.07 Å². The largest absolute Gasteiger partial charge is 0.489 e. The second-order valence-electron chi connectivity index (χ2n) is 7.97. The highest BCUT2D eigenvalue weighted by atomic mass is 35.5. The number of nitrogens with two attached hydrogens (primary N) is 1. The van der Waals surface area contributed by atoms with Crippen LogP contribution in [0.15, 0.2) is 6.07 Å². The second-order valence-corrected chi connectivity index (χ2v) is 8.35. The first-order chi connectivity index (χ1) is 14.4. The minimum Gasteiger partial charge on any atom is -0.489 e. The van der Waals surface area contributed by atoms with E-state index in [9.17, 15) is 14.7 Å². The fourth-order valence-electron chi connectivity index (χ4n) is 3.84. The van der Waals surface area contributed by atoms with Crippen molar-refractivity contribution in [2.24, 2.45) is 5.92 Å². The Morgan fingerprint density at radius 1 is 1.33 bits per heavy atom. The van der Waals surface area contributed by atoms with E-state index in [2.05, 4.69) is 10.2 Å². The van der Waals surface area contributed by atoms with E-state index in [4.69, 9.17) is 26.8 Å². The van der Waals surface area contributed by atoms with Gasteiger partial charge in [0.2, 0.25) is 0 Å². The summed E-state index contributed by atoms with van der Waals surface area (Å²) in [7, 11) is 0. The molecule has 166 valence electrons. The molecule has 3 rings (SSSR count). The molecule has 9 heteroatoms. The van der Waals surface area contributed by atoms with Gasteiger partial charge in [-0.15, -0.1) is 0 Å². The quantitative estimate of drug-likeness (QED) is 0.555. The van der Waals surface area contributed by atoms with Crippen molar-refractivity contribution in [1.82, 2.24) is 10.2 Å². The average molecular weight is 440 g/mol. The Hall–Kier alpha value is -2.03. The number of carbonyl (C=O) groups excluding carboxylic acids is 2. The van der Waals surface area contributed by atoms with Gasteiger partial charge in [0.25, 0.3) is 5.91 Å². The highest BCUT2D eigenvalue weighted by molar-refractivity contribution is 6.35. The van der Waals surface area contributed by atoms with Crippen LogP contribution in [0, 0.1) is 5.92 Å². The lowest BCUT2D eigenvalue weighted by atomic mass is 9.93. The Labute approximate surface area is 181 Å². The summed E-state index contributed by atoms with van der Waals surface area (Å²) in [6.45, 7) is 4.97. The zero-order chi connectivity index (χ0) is 21.7. The molecule has 1 amide bonds. The molecular formula is C21H30ClN3O5. The van der Waals surface area contributed by atoms with Gasteiger partial charge in [-0.1, -0.05) is 11.6 Å². The number of nitrogen functional groups attached to an aromatic ring is 1. The second kappa shape index (κ2) is 10.3. The van der Waals surface area contributed by atoms with E-state index in [0.29, 0.717) is 50.6 Å². The van der Waals surface area contributed by atoms with Crippen LogP contribution in [0.3, 0.4) is 0 Å². The summed E-state index contributed by atoms with van der Waals surface area (Å²) in [5, 5.41) is 13.6.